The Morgan fingerprint density at radius 3 is 2.67 bits per heavy atom. The van der Waals surface area contributed by atoms with Gasteiger partial charge in [0.25, 0.3) is 0 Å². The largest absolute Gasteiger partial charge is 0.355 e. The van der Waals surface area contributed by atoms with Crippen molar-refractivity contribution in [2.24, 2.45) is 5.41 Å². The van der Waals surface area contributed by atoms with Crippen LogP contribution < -0.4 is 5.32 Å². The molecular weight excluding hydrogens is 224 g/mol. The molecule has 0 aliphatic heterocycles. The van der Waals surface area contributed by atoms with Gasteiger partial charge in [0.2, 0.25) is 5.95 Å². The third-order valence-corrected chi connectivity index (χ3v) is 2.87. The van der Waals surface area contributed by atoms with Crippen molar-refractivity contribution in [3.05, 3.63) is 24.3 Å². The Labute approximate surface area is 108 Å². The number of imidazole rings is 1. The van der Waals surface area contributed by atoms with Gasteiger partial charge in [0, 0.05) is 13.1 Å². The molecule has 2 rings (SSSR count). The molecule has 2 aromatic rings. The fourth-order valence-electron chi connectivity index (χ4n) is 2.27. The molecule has 1 heterocycles. The first-order chi connectivity index (χ1) is 8.46. The standard InChI is InChI=1S/C14H22N4/c1-14(2,10-18(3)4)9-15-13-16-11-7-5-6-8-12(11)17-13/h5-8H,9-10H2,1-4H3,(H2,15,16,17). The van der Waals surface area contributed by atoms with Crippen LogP contribution in [0.1, 0.15) is 13.8 Å². The molecule has 0 aliphatic carbocycles. The molecule has 4 heteroatoms. The van der Waals surface area contributed by atoms with Crippen molar-refractivity contribution in [2.45, 2.75) is 13.8 Å². The number of hydrogen-bond donors (Lipinski definition) is 2. The van der Waals surface area contributed by atoms with E-state index in [1.165, 1.54) is 0 Å². The summed E-state index contributed by atoms with van der Waals surface area (Å²) >= 11 is 0. The number of aromatic amines is 1. The molecule has 0 bridgehead atoms. The van der Waals surface area contributed by atoms with E-state index in [2.05, 4.69) is 48.1 Å². The van der Waals surface area contributed by atoms with Gasteiger partial charge in [-0.15, -0.1) is 0 Å². The lowest BCUT2D eigenvalue weighted by Crippen LogP contribution is -2.34. The minimum Gasteiger partial charge on any atom is -0.355 e. The predicted molar refractivity (Wildman–Crippen MR) is 76.9 cm³/mol. The Hall–Kier alpha value is -1.55. The highest BCUT2D eigenvalue weighted by Gasteiger charge is 2.19. The third-order valence-electron chi connectivity index (χ3n) is 2.87. The van der Waals surface area contributed by atoms with E-state index in [0.29, 0.717) is 0 Å². The molecule has 0 amide bonds. The highest BCUT2D eigenvalue weighted by molar-refractivity contribution is 5.77. The van der Waals surface area contributed by atoms with Gasteiger partial charge in [-0.05, 0) is 31.6 Å². The number of hydrogen-bond acceptors (Lipinski definition) is 3. The highest BCUT2D eigenvalue weighted by Crippen LogP contribution is 2.18. The Bertz CT molecular complexity index is 480. The molecule has 0 aliphatic rings. The number of H-pyrrole nitrogens is 1. The molecule has 0 radical (unpaired) electrons. The number of rotatable bonds is 5. The Morgan fingerprint density at radius 2 is 2.00 bits per heavy atom. The minimum absolute atomic E-state index is 0.211. The zero-order valence-electron chi connectivity index (χ0n) is 11.6. The number of fused-ring (bicyclic) bond motifs is 1. The van der Waals surface area contributed by atoms with Crippen molar-refractivity contribution in [1.82, 2.24) is 14.9 Å². The highest BCUT2D eigenvalue weighted by atomic mass is 15.1. The fourth-order valence-corrected chi connectivity index (χ4v) is 2.27. The van der Waals surface area contributed by atoms with Crippen LogP contribution in [0.4, 0.5) is 5.95 Å². The van der Waals surface area contributed by atoms with Gasteiger partial charge in [0.05, 0.1) is 11.0 Å². The second-order valence-corrected chi connectivity index (χ2v) is 5.86. The van der Waals surface area contributed by atoms with Crippen LogP contribution in [0.3, 0.4) is 0 Å². The Morgan fingerprint density at radius 1 is 1.28 bits per heavy atom. The van der Waals surface area contributed by atoms with Crippen molar-refractivity contribution in [2.75, 3.05) is 32.5 Å². The maximum absolute atomic E-state index is 4.51. The first kappa shape index (κ1) is 12.9. The van der Waals surface area contributed by atoms with Crippen LogP contribution in [0.5, 0.6) is 0 Å². The van der Waals surface area contributed by atoms with Gasteiger partial charge in [0.1, 0.15) is 0 Å². The van der Waals surface area contributed by atoms with E-state index in [4.69, 9.17) is 0 Å². The van der Waals surface area contributed by atoms with Gasteiger partial charge in [-0.3, -0.25) is 0 Å². The van der Waals surface area contributed by atoms with Gasteiger partial charge < -0.3 is 15.2 Å². The molecule has 4 nitrogen and oxygen atoms in total. The van der Waals surface area contributed by atoms with Gasteiger partial charge in [-0.1, -0.05) is 26.0 Å². The summed E-state index contributed by atoms with van der Waals surface area (Å²) < 4.78 is 0. The Kier molecular flexibility index (Phi) is 3.57. The zero-order valence-corrected chi connectivity index (χ0v) is 11.6. The van der Waals surface area contributed by atoms with E-state index in [-0.39, 0.29) is 5.41 Å². The van der Waals surface area contributed by atoms with Crippen molar-refractivity contribution >= 4 is 17.0 Å². The number of aromatic nitrogens is 2. The van der Waals surface area contributed by atoms with E-state index < -0.39 is 0 Å². The minimum atomic E-state index is 0.211. The second-order valence-electron chi connectivity index (χ2n) is 5.86. The van der Waals surface area contributed by atoms with Crippen molar-refractivity contribution in [3.63, 3.8) is 0 Å². The number of anilines is 1. The average molecular weight is 246 g/mol. The molecule has 0 saturated heterocycles. The number of nitrogens with one attached hydrogen (secondary N) is 2. The van der Waals surface area contributed by atoms with E-state index in [1.54, 1.807) is 0 Å². The summed E-state index contributed by atoms with van der Waals surface area (Å²) in [5.74, 6) is 0.850. The summed E-state index contributed by atoms with van der Waals surface area (Å²) in [5, 5.41) is 3.39. The number of nitrogens with zero attached hydrogens (tertiary/aromatic N) is 2. The van der Waals surface area contributed by atoms with Gasteiger partial charge in [-0.2, -0.15) is 0 Å². The monoisotopic (exact) mass is 246 g/mol. The SMILES string of the molecule is CN(C)CC(C)(C)CNc1nc2ccccc2[nH]1. The van der Waals surface area contributed by atoms with E-state index >= 15 is 0 Å². The van der Waals surface area contributed by atoms with Crippen LogP contribution in [0, 0.1) is 5.41 Å². The first-order valence-electron chi connectivity index (χ1n) is 6.30. The number of benzene rings is 1. The van der Waals surface area contributed by atoms with Crippen LogP contribution in [0.2, 0.25) is 0 Å². The summed E-state index contributed by atoms with van der Waals surface area (Å²) in [5.41, 5.74) is 2.29. The van der Waals surface area contributed by atoms with Gasteiger partial charge in [0.15, 0.2) is 0 Å². The normalized spacial score (nSPS) is 12.3. The second kappa shape index (κ2) is 4.98. The molecule has 0 spiro atoms. The summed E-state index contributed by atoms with van der Waals surface area (Å²) in [6.07, 6.45) is 0. The predicted octanol–water partition coefficient (Wildman–Crippen LogP) is 2.56. The van der Waals surface area contributed by atoms with Crippen LogP contribution in [-0.2, 0) is 0 Å². The zero-order chi connectivity index (χ0) is 13.2. The fraction of sp³-hybridized carbons (Fsp3) is 0.500. The van der Waals surface area contributed by atoms with Gasteiger partial charge in [-0.25, -0.2) is 4.98 Å². The lowest BCUT2D eigenvalue weighted by Gasteiger charge is -2.28. The van der Waals surface area contributed by atoms with E-state index in [1.807, 2.05) is 24.3 Å². The lowest BCUT2D eigenvalue weighted by molar-refractivity contribution is 0.254. The topological polar surface area (TPSA) is 44.0 Å². The van der Waals surface area contributed by atoms with Gasteiger partial charge >= 0.3 is 0 Å². The van der Waals surface area contributed by atoms with Crippen LogP contribution in [0.15, 0.2) is 24.3 Å². The summed E-state index contributed by atoms with van der Waals surface area (Å²) in [6, 6.07) is 8.07. The summed E-state index contributed by atoms with van der Waals surface area (Å²) in [4.78, 5) is 10.0. The quantitative estimate of drug-likeness (QED) is 0.852. The lowest BCUT2D eigenvalue weighted by atomic mass is 9.93. The first-order valence-corrected chi connectivity index (χ1v) is 6.30. The van der Waals surface area contributed by atoms with Crippen LogP contribution in [0.25, 0.3) is 11.0 Å². The van der Waals surface area contributed by atoms with Crippen molar-refractivity contribution in [1.29, 1.82) is 0 Å². The summed E-state index contributed by atoms with van der Waals surface area (Å²) in [6.45, 7) is 6.44. The molecule has 0 atom stereocenters. The van der Waals surface area contributed by atoms with Crippen molar-refractivity contribution < 1.29 is 0 Å². The molecule has 2 N–H and O–H groups in total. The van der Waals surface area contributed by atoms with Crippen LogP contribution >= 0.6 is 0 Å². The Balaban J connectivity index is 2.01. The number of para-hydroxylation sites is 2. The molecule has 1 aromatic heterocycles. The molecule has 0 unspecified atom stereocenters. The average Bonchev–Trinajstić information content (AvgIpc) is 2.67. The molecule has 98 valence electrons. The van der Waals surface area contributed by atoms with Crippen LogP contribution in [-0.4, -0.2) is 42.1 Å². The smallest absolute Gasteiger partial charge is 0.201 e. The summed E-state index contributed by atoms with van der Waals surface area (Å²) in [7, 11) is 4.20. The molecule has 18 heavy (non-hydrogen) atoms. The molecule has 0 fully saturated rings. The van der Waals surface area contributed by atoms with Crippen molar-refractivity contribution in [3.8, 4) is 0 Å². The molecule has 0 saturated carbocycles. The molecular formula is C14H22N4. The maximum Gasteiger partial charge on any atom is 0.201 e. The van der Waals surface area contributed by atoms with E-state index in [9.17, 15) is 0 Å². The maximum atomic E-state index is 4.51. The third kappa shape index (κ3) is 3.23. The van der Waals surface area contributed by atoms with E-state index in [0.717, 1.165) is 30.1 Å². The molecule has 1 aromatic carbocycles.